The standard InChI is InChI=1S/C27H29Cl2FN4O4S/c1-17(2)32-16-25-33(39(37,38)24-14-20(29)9-10-21(24)30)15-23(31-11-3-4-12-31)27(36)34(25)22(26(32)35)13-18-5-7-19(28)8-6-18/h5-10,14,16-17,22-23H,3-4,11-13,15H2,1-2H3. The van der Waals surface area contributed by atoms with Crippen molar-refractivity contribution in [1.29, 1.82) is 0 Å². The van der Waals surface area contributed by atoms with Gasteiger partial charge in [0.2, 0.25) is 11.8 Å². The smallest absolute Gasteiger partial charge is 0.268 e. The third-order valence-electron chi connectivity index (χ3n) is 7.41. The van der Waals surface area contributed by atoms with E-state index in [0.29, 0.717) is 18.1 Å². The lowest BCUT2D eigenvalue weighted by Gasteiger charge is -2.50. The minimum absolute atomic E-state index is 0.0158. The van der Waals surface area contributed by atoms with Gasteiger partial charge in [-0.3, -0.25) is 19.4 Å². The highest BCUT2D eigenvalue weighted by Crippen LogP contribution is 2.37. The van der Waals surface area contributed by atoms with Crippen LogP contribution in [-0.2, 0) is 26.0 Å². The fourth-order valence-electron chi connectivity index (χ4n) is 5.40. The maximum absolute atomic E-state index is 14.9. The zero-order valence-electron chi connectivity index (χ0n) is 21.6. The van der Waals surface area contributed by atoms with Gasteiger partial charge in [0.25, 0.3) is 10.0 Å². The summed E-state index contributed by atoms with van der Waals surface area (Å²) < 4.78 is 44.1. The molecule has 2 unspecified atom stereocenters. The van der Waals surface area contributed by atoms with E-state index in [1.807, 2.05) is 4.90 Å². The van der Waals surface area contributed by atoms with Crippen LogP contribution in [-0.4, -0.2) is 77.0 Å². The molecule has 0 bridgehead atoms. The summed E-state index contributed by atoms with van der Waals surface area (Å²) in [7, 11) is -4.51. The maximum atomic E-state index is 14.9. The molecular formula is C27H29Cl2FN4O4S. The van der Waals surface area contributed by atoms with Crippen molar-refractivity contribution in [1.82, 2.24) is 19.0 Å². The van der Waals surface area contributed by atoms with Gasteiger partial charge < -0.3 is 4.90 Å². The first kappa shape index (κ1) is 27.9. The van der Waals surface area contributed by atoms with Crippen molar-refractivity contribution < 1.29 is 22.4 Å². The van der Waals surface area contributed by atoms with E-state index in [2.05, 4.69) is 0 Å². The maximum Gasteiger partial charge on any atom is 0.268 e. The molecule has 2 aromatic rings. The van der Waals surface area contributed by atoms with Gasteiger partial charge in [-0.05, 0) is 75.7 Å². The van der Waals surface area contributed by atoms with Crippen LogP contribution in [0.4, 0.5) is 4.39 Å². The van der Waals surface area contributed by atoms with Crippen LogP contribution in [0.2, 0.25) is 10.0 Å². The topological polar surface area (TPSA) is 81.2 Å². The summed E-state index contributed by atoms with van der Waals surface area (Å²) >= 11 is 12.1. The molecule has 2 amide bonds. The number of likely N-dealkylation sites (tertiary alicyclic amines) is 1. The molecule has 208 valence electrons. The second-order valence-electron chi connectivity index (χ2n) is 10.3. The number of nitrogens with zero attached hydrogens (tertiary/aromatic N) is 4. The molecule has 0 saturated carbocycles. The number of fused-ring (bicyclic) bond motifs is 1. The van der Waals surface area contributed by atoms with Gasteiger partial charge in [0.1, 0.15) is 28.6 Å². The largest absolute Gasteiger partial charge is 0.311 e. The highest BCUT2D eigenvalue weighted by molar-refractivity contribution is 7.89. The lowest BCUT2D eigenvalue weighted by atomic mass is 9.98. The SMILES string of the molecule is CC(C)N1C=C2N(C(=O)C(N3CCCC3)CN2S(=O)(=O)c2cc(Cl)ccc2F)C(Cc2ccc(Cl)cc2)C1=O. The molecule has 0 aliphatic carbocycles. The lowest BCUT2D eigenvalue weighted by molar-refractivity contribution is -0.152. The fourth-order valence-corrected chi connectivity index (χ4v) is 7.31. The van der Waals surface area contributed by atoms with Gasteiger partial charge in [-0.1, -0.05) is 35.3 Å². The Labute approximate surface area is 237 Å². The van der Waals surface area contributed by atoms with Crippen molar-refractivity contribution >= 4 is 45.0 Å². The molecule has 3 heterocycles. The Morgan fingerprint density at radius 2 is 1.62 bits per heavy atom. The normalized spacial score (nSPS) is 22.5. The minimum Gasteiger partial charge on any atom is -0.311 e. The predicted octanol–water partition coefficient (Wildman–Crippen LogP) is 4.09. The van der Waals surface area contributed by atoms with Gasteiger partial charge in [-0.25, -0.2) is 17.1 Å². The third kappa shape index (κ3) is 5.15. The summed E-state index contributed by atoms with van der Waals surface area (Å²) in [6.45, 7) is 4.64. The Morgan fingerprint density at radius 1 is 0.974 bits per heavy atom. The average molecular weight is 596 g/mol. The average Bonchev–Trinajstić information content (AvgIpc) is 3.42. The van der Waals surface area contributed by atoms with E-state index < -0.39 is 32.8 Å². The van der Waals surface area contributed by atoms with Crippen molar-refractivity contribution in [2.45, 2.75) is 56.1 Å². The Kier molecular flexibility index (Phi) is 7.67. The molecule has 0 aromatic heterocycles. The quantitative estimate of drug-likeness (QED) is 0.503. The molecule has 39 heavy (non-hydrogen) atoms. The van der Waals surface area contributed by atoms with Gasteiger partial charge in [0.15, 0.2) is 0 Å². The van der Waals surface area contributed by atoms with E-state index in [1.165, 1.54) is 22.1 Å². The number of carbonyl (C=O) groups is 2. The Hall–Kier alpha value is -2.66. The molecule has 2 atom stereocenters. The molecule has 12 heteroatoms. The number of amides is 2. The van der Waals surface area contributed by atoms with Gasteiger partial charge in [-0.2, -0.15) is 0 Å². The van der Waals surface area contributed by atoms with Crippen LogP contribution in [0.1, 0.15) is 32.3 Å². The Bertz CT molecular complexity index is 1430. The number of sulfonamides is 1. The van der Waals surface area contributed by atoms with Crippen molar-refractivity contribution in [2.24, 2.45) is 0 Å². The van der Waals surface area contributed by atoms with Gasteiger partial charge >= 0.3 is 0 Å². The summed E-state index contributed by atoms with van der Waals surface area (Å²) in [5.74, 6) is -1.61. The van der Waals surface area contributed by atoms with E-state index in [0.717, 1.165) is 34.8 Å². The first-order valence-electron chi connectivity index (χ1n) is 12.8. The van der Waals surface area contributed by atoms with Gasteiger partial charge in [-0.15, -0.1) is 0 Å². The van der Waals surface area contributed by atoms with Crippen LogP contribution in [0.5, 0.6) is 0 Å². The first-order chi connectivity index (χ1) is 18.5. The molecule has 0 spiro atoms. The van der Waals surface area contributed by atoms with Crippen LogP contribution < -0.4 is 0 Å². The number of benzene rings is 2. The van der Waals surface area contributed by atoms with Crippen molar-refractivity contribution in [2.75, 3.05) is 19.6 Å². The predicted molar refractivity (Wildman–Crippen MR) is 146 cm³/mol. The van der Waals surface area contributed by atoms with E-state index in [1.54, 1.807) is 38.1 Å². The minimum atomic E-state index is -4.51. The number of hydrogen-bond acceptors (Lipinski definition) is 5. The van der Waals surface area contributed by atoms with E-state index in [-0.39, 0.29) is 41.7 Å². The lowest BCUT2D eigenvalue weighted by Crippen LogP contribution is -2.67. The van der Waals surface area contributed by atoms with Crippen molar-refractivity contribution in [3.05, 3.63) is 75.9 Å². The molecule has 3 aliphatic rings. The number of rotatable bonds is 6. The monoisotopic (exact) mass is 594 g/mol. The molecule has 5 rings (SSSR count). The molecule has 0 radical (unpaired) electrons. The van der Waals surface area contributed by atoms with Crippen LogP contribution in [0.3, 0.4) is 0 Å². The van der Waals surface area contributed by atoms with Crippen LogP contribution in [0, 0.1) is 5.82 Å². The molecule has 3 aliphatic heterocycles. The van der Waals surface area contributed by atoms with Gasteiger partial charge in [0.05, 0.1) is 6.54 Å². The first-order valence-corrected chi connectivity index (χ1v) is 15.0. The highest BCUT2D eigenvalue weighted by Gasteiger charge is 2.51. The van der Waals surface area contributed by atoms with Crippen molar-refractivity contribution in [3.63, 3.8) is 0 Å². The molecule has 2 fully saturated rings. The van der Waals surface area contributed by atoms with Crippen LogP contribution in [0.15, 0.2) is 59.4 Å². The Balaban J connectivity index is 1.66. The molecule has 0 N–H and O–H groups in total. The molecular weight excluding hydrogens is 566 g/mol. The summed E-state index contributed by atoms with van der Waals surface area (Å²) in [6, 6.07) is 8.14. The molecule has 8 nitrogen and oxygen atoms in total. The zero-order chi connectivity index (χ0) is 28.1. The molecule has 2 aromatic carbocycles. The second-order valence-corrected chi connectivity index (χ2v) is 13.0. The van der Waals surface area contributed by atoms with Gasteiger partial charge in [0, 0.05) is 28.7 Å². The van der Waals surface area contributed by atoms with Crippen LogP contribution >= 0.6 is 23.2 Å². The Morgan fingerprint density at radius 3 is 2.26 bits per heavy atom. The summed E-state index contributed by atoms with van der Waals surface area (Å²) in [4.78, 5) is 32.0. The van der Waals surface area contributed by atoms with Crippen LogP contribution in [0.25, 0.3) is 0 Å². The van der Waals surface area contributed by atoms with Crippen molar-refractivity contribution in [3.8, 4) is 0 Å². The summed E-state index contributed by atoms with van der Waals surface area (Å²) in [5.41, 5.74) is 0.758. The van der Waals surface area contributed by atoms with E-state index >= 15 is 0 Å². The number of hydrogen-bond donors (Lipinski definition) is 0. The van der Waals surface area contributed by atoms with E-state index in [9.17, 15) is 22.4 Å². The second kappa shape index (κ2) is 10.7. The summed E-state index contributed by atoms with van der Waals surface area (Å²) in [5, 5.41) is 0.593. The highest BCUT2D eigenvalue weighted by atomic mass is 35.5. The third-order valence-corrected chi connectivity index (χ3v) is 9.68. The number of halogens is 3. The molecule has 2 saturated heterocycles. The zero-order valence-corrected chi connectivity index (χ0v) is 23.9. The fraction of sp³-hybridized carbons (Fsp3) is 0.407. The van der Waals surface area contributed by atoms with E-state index in [4.69, 9.17) is 23.2 Å². The number of carbonyl (C=O) groups excluding carboxylic acids is 2. The summed E-state index contributed by atoms with van der Waals surface area (Å²) in [6.07, 6.45) is 3.28.